The van der Waals surface area contributed by atoms with E-state index < -0.39 is 0 Å². The van der Waals surface area contributed by atoms with E-state index in [1.807, 2.05) is 56.3 Å². The van der Waals surface area contributed by atoms with Gasteiger partial charge in [-0.15, -0.1) is 0 Å². The van der Waals surface area contributed by atoms with Gasteiger partial charge in [0, 0.05) is 6.21 Å². The summed E-state index contributed by atoms with van der Waals surface area (Å²) < 4.78 is 4.97. The van der Waals surface area contributed by atoms with Crippen LogP contribution in [0.2, 0.25) is 0 Å². The van der Waals surface area contributed by atoms with Crippen molar-refractivity contribution in [2.45, 2.75) is 20.8 Å². The Morgan fingerprint density at radius 3 is 2.50 bits per heavy atom. The van der Waals surface area contributed by atoms with Crippen molar-refractivity contribution < 1.29 is 28.7 Å². The van der Waals surface area contributed by atoms with Crippen LogP contribution in [0, 0.1) is 5.92 Å². The summed E-state index contributed by atoms with van der Waals surface area (Å²) in [5.41, 5.74) is 1.54. The van der Waals surface area contributed by atoms with Gasteiger partial charge < -0.3 is 9.84 Å². The molecule has 0 radical (unpaired) electrons. The first-order valence-corrected chi connectivity index (χ1v) is 6.45. The Bertz CT molecular complexity index is 465. The summed E-state index contributed by atoms with van der Waals surface area (Å²) in [4.78, 5) is 4.19. The Morgan fingerprint density at radius 1 is 1.30 bits per heavy atom. The van der Waals surface area contributed by atoms with Crippen LogP contribution in [0.3, 0.4) is 0 Å². The van der Waals surface area contributed by atoms with Crippen LogP contribution in [0.4, 0.5) is 0 Å². The molecule has 0 atom stereocenters. The summed E-state index contributed by atoms with van der Waals surface area (Å²) in [6.07, 6.45) is 5.38. The molecule has 1 aromatic carbocycles. The molecule has 0 unspecified atom stereocenters. The predicted octanol–water partition coefficient (Wildman–Crippen LogP) is -0.00350. The average Bonchev–Trinajstić information content (AvgIpc) is 2.39. The zero-order chi connectivity index (χ0) is 14.1. The minimum Gasteiger partial charge on any atom is -0.612 e. The third-order valence-electron chi connectivity index (χ3n) is 2.42. The normalized spacial score (nSPS) is 12.6. The molecular weight excluding hydrogens is 245 g/mol. The van der Waals surface area contributed by atoms with Crippen LogP contribution in [0.5, 0.6) is 0 Å². The Balaban J connectivity index is 0.00000361. The zero-order valence-electron chi connectivity index (χ0n) is 12.7. The predicted molar refractivity (Wildman–Crippen MR) is 77.5 cm³/mol. The van der Waals surface area contributed by atoms with Crippen molar-refractivity contribution in [3.8, 4) is 0 Å². The van der Waals surface area contributed by atoms with Crippen LogP contribution in [0.1, 0.15) is 26.3 Å². The van der Waals surface area contributed by atoms with E-state index in [0.29, 0.717) is 12.3 Å². The number of hydrogen-bond acceptors (Lipinski definition) is 3. The number of rotatable bonds is 6. The van der Waals surface area contributed by atoms with E-state index in [1.165, 1.54) is 0 Å². The topological polar surface area (TPSA) is 44.6 Å². The molecule has 0 heterocycles. The van der Waals surface area contributed by atoms with E-state index in [4.69, 9.17) is 4.74 Å². The van der Waals surface area contributed by atoms with Gasteiger partial charge >= 0.3 is 18.9 Å². The van der Waals surface area contributed by atoms with Crippen LogP contribution in [0.15, 0.2) is 53.0 Å². The molecule has 0 saturated carbocycles. The van der Waals surface area contributed by atoms with Crippen LogP contribution >= 0.6 is 0 Å². The van der Waals surface area contributed by atoms with Crippen LogP contribution in [0.25, 0.3) is 6.08 Å². The summed E-state index contributed by atoms with van der Waals surface area (Å²) in [5, 5.41) is 11.7. The van der Waals surface area contributed by atoms with Gasteiger partial charge in [0.2, 0.25) is 0 Å². The second-order valence-electron chi connectivity index (χ2n) is 4.31. The fraction of sp³-hybridized carbons (Fsp3) is 0.312. The molecule has 0 aliphatic heterocycles. The molecule has 0 saturated heterocycles. The molecule has 0 aromatic heterocycles. The Labute approximate surface area is 133 Å². The second-order valence-corrected chi connectivity index (χ2v) is 4.31. The standard InChI is InChI=1S/C16H21NO2.Li/c1-4-19-16(18)15(13(2)3)17-12-8-11-14-9-6-5-7-10-14;/h5-13,18H,4H2,1-3H3;/q;+1/p-1/b11-8+,16-15+,17-12+;. The minimum atomic E-state index is -0.345. The number of ether oxygens (including phenoxy) is 1. The Hall–Kier alpha value is -1.43. The second kappa shape index (κ2) is 10.4. The van der Waals surface area contributed by atoms with Gasteiger partial charge in [-0.05, 0) is 24.2 Å². The molecule has 1 rings (SSSR count). The van der Waals surface area contributed by atoms with Crippen molar-refractivity contribution in [3.05, 3.63) is 53.6 Å². The van der Waals surface area contributed by atoms with Crippen molar-refractivity contribution in [1.82, 2.24) is 0 Å². The van der Waals surface area contributed by atoms with E-state index in [1.54, 1.807) is 13.1 Å². The number of nitrogens with zero attached hydrogens (tertiary/aromatic N) is 1. The zero-order valence-corrected chi connectivity index (χ0v) is 12.7. The van der Waals surface area contributed by atoms with Crippen molar-refractivity contribution in [3.63, 3.8) is 0 Å². The monoisotopic (exact) mass is 265 g/mol. The first kappa shape index (κ1) is 18.6. The molecule has 1 aromatic rings. The first-order chi connectivity index (χ1) is 9.15. The largest absolute Gasteiger partial charge is 1.00 e. The van der Waals surface area contributed by atoms with Gasteiger partial charge in [0.25, 0.3) is 0 Å². The van der Waals surface area contributed by atoms with Gasteiger partial charge in [-0.1, -0.05) is 57.2 Å². The van der Waals surface area contributed by atoms with Crippen molar-refractivity contribution >= 4 is 12.3 Å². The fourth-order valence-electron chi connectivity index (χ4n) is 1.48. The van der Waals surface area contributed by atoms with Gasteiger partial charge in [-0.25, -0.2) is 0 Å². The molecule has 0 fully saturated rings. The molecule has 0 aliphatic carbocycles. The van der Waals surface area contributed by atoms with Crippen molar-refractivity contribution in [1.29, 1.82) is 0 Å². The summed E-state index contributed by atoms with van der Waals surface area (Å²) in [6, 6.07) is 9.92. The summed E-state index contributed by atoms with van der Waals surface area (Å²) in [6.45, 7) is 5.99. The number of allylic oxidation sites excluding steroid dienone is 2. The molecule has 20 heavy (non-hydrogen) atoms. The molecule has 3 nitrogen and oxygen atoms in total. The number of hydrogen-bond donors (Lipinski definition) is 0. The fourth-order valence-corrected chi connectivity index (χ4v) is 1.48. The minimum absolute atomic E-state index is 0. The maximum atomic E-state index is 11.7. The van der Waals surface area contributed by atoms with Crippen LogP contribution in [-0.2, 0) is 4.74 Å². The van der Waals surface area contributed by atoms with Crippen LogP contribution in [-0.4, -0.2) is 12.8 Å². The van der Waals surface area contributed by atoms with Crippen molar-refractivity contribution in [2.75, 3.05) is 6.61 Å². The van der Waals surface area contributed by atoms with Crippen molar-refractivity contribution in [2.24, 2.45) is 10.9 Å². The Morgan fingerprint density at radius 2 is 1.95 bits per heavy atom. The van der Waals surface area contributed by atoms with E-state index in [0.717, 1.165) is 5.56 Å². The van der Waals surface area contributed by atoms with Gasteiger partial charge in [0.15, 0.2) is 0 Å². The third-order valence-corrected chi connectivity index (χ3v) is 2.42. The summed E-state index contributed by atoms with van der Waals surface area (Å²) in [7, 11) is 0. The maximum absolute atomic E-state index is 11.7. The van der Waals surface area contributed by atoms with E-state index in [-0.39, 0.29) is 30.7 Å². The van der Waals surface area contributed by atoms with Gasteiger partial charge in [-0.3, -0.25) is 4.99 Å². The average molecular weight is 265 g/mol. The molecule has 102 valence electrons. The molecule has 0 aliphatic rings. The third kappa shape index (κ3) is 6.65. The van der Waals surface area contributed by atoms with Gasteiger partial charge in [0.05, 0.1) is 11.6 Å². The number of benzene rings is 1. The smallest absolute Gasteiger partial charge is 0.612 e. The van der Waals surface area contributed by atoms with Gasteiger partial charge in [0.1, 0.15) is 0 Å². The first-order valence-electron chi connectivity index (χ1n) is 6.45. The molecule has 0 amide bonds. The number of aliphatic imine (C=N–C) groups is 1. The summed E-state index contributed by atoms with van der Waals surface area (Å²) >= 11 is 0. The van der Waals surface area contributed by atoms with E-state index >= 15 is 0 Å². The van der Waals surface area contributed by atoms with E-state index in [2.05, 4.69) is 4.99 Å². The molecule has 0 N–H and O–H groups in total. The molecule has 4 heteroatoms. The van der Waals surface area contributed by atoms with E-state index in [9.17, 15) is 5.11 Å². The Kier molecular flexibility index (Phi) is 9.62. The van der Waals surface area contributed by atoms with Gasteiger partial charge in [-0.2, -0.15) is 0 Å². The van der Waals surface area contributed by atoms with Crippen LogP contribution < -0.4 is 24.0 Å². The molecule has 0 spiro atoms. The SMILES string of the molecule is CCO/C([O-])=C(/N=C/C=C/c1ccccc1)C(C)C.[Li+]. The molecular formula is C16H20LiNO2. The summed E-state index contributed by atoms with van der Waals surface area (Å²) in [5.74, 6) is -0.303. The molecule has 0 bridgehead atoms. The quantitative estimate of drug-likeness (QED) is 0.413. The maximum Gasteiger partial charge on any atom is 1.00 e.